The highest BCUT2D eigenvalue weighted by molar-refractivity contribution is 9.10. The van der Waals surface area contributed by atoms with Crippen molar-refractivity contribution in [2.45, 2.75) is 32.2 Å². The zero-order valence-corrected chi connectivity index (χ0v) is 12.5. The van der Waals surface area contributed by atoms with E-state index in [9.17, 15) is 0 Å². The molecule has 98 valence electrons. The SMILES string of the molecule is CCc1cc(Br)ccc1NC1CN2CCC1CC2. The number of hydrogen-bond acceptors (Lipinski definition) is 2. The maximum atomic E-state index is 3.80. The summed E-state index contributed by atoms with van der Waals surface area (Å²) in [6, 6.07) is 7.26. The lowest BCUT2D eigenvalue weighted by atomic mass is 9.84. The van der Waals surface area contributed by atoms with E-state index in [-0.39, 0.29) is 0 Å². The van der Waals surface area contributed by atoms with Crippen molar-refractivity contribution < 1.29 is 0 Å². The van der Waals surface area contributed by atoms with Gasteiger partial charge < -0.3 is 10.2 Å². The first kappa shape index (κ1) is 12.5. The number of nitrogens with zero attached hydrogens (tertiary/aromatic N) is 1. The summed E-state index contributed by atoms with van der Waals surface area (Å²) >= 11 is 3.56. The van der Waals surface area contributed by atoms with Crippen molar-refractivity contribution in [1.82, 2.24) is 4.90 Å². The monoisotopic (exact) mass is 308 g/mol. The minimum atomic E-state index is 0.652. The highest BCUT2D eigenvalue weighted by Crippen LogP contribution is 2.31. The number of piperidine rings is 3. The van der Waals surface area contributed by atoms with Crippen molar-refractivity contribution >= 4 is 21.6 Å². The molecule has 0 aliphatic carbocycles. The fourth-order valence-corrected chi connectivity index (χ4v) is 3.73. The fraction of sp³-hybridized carbons (Fsp3) is 0.600. The van der Waals surface area contributed by atoms with E-state index in [0.717, 1.165) is 12.3 Å². The first-order valence-corrected chi connectivity index (χ1v) is 7.83. The average molecular weight is 309 g/mol. The molecule has 3 aliphatic rings. The van der Waals surface area contributed by atoms with Gasteiger partial charge in [0.05, 0.1) is 0 Å². The van der Waals surface area contributed by atoms with Crippen LogP contribution in [0.1, 0.15) is 25.3 Å². The molecule has 3 saturated heterocycles. The summed E-state index contributed by atoms with van der Waals surface area (Å²) in [5.41, 5.74) is 2.75. The second-order valence-corrected chi connectivity index (χ2v) is 6.46. The van der Waals surface area contributed by atoms with E-state index in [1.165, 1.54) is 48.2 Å². The van der Waals surface area contributed by atoms with Gasteiger partial charge >= 0.3 is 0 Å². The number of hydrogen-bond donors (Lipinski definition) is 1. The summed E-state index contributed by atoms with van der Waals surface area (Å²) in [6.07, 6.45) is 3.83. The van der Waals surface area contributed by atoms with Gasteiger partial charge in [0.1, 0.15) is 0 Å². The minimum Gasteiger partial charge on any atom is -0.381 e. The van der Waals surface area contributed by atoms with Gasteiger partial charge in [-0.3, -0.25) is 0 Å². The van der Waals surface area contributed by atoms with Crippen molar-refractivity contribution in [3.05, 3.63) is 28.2 Å². The van der Waals surface area contributed by atoms with Crippen LogP contribution < -0.4 is 5.32 Å². The molecular formula is C15H21BrN2. The Morgan fingerprint density at radius 2 is 2.11 bits per heavy atom. The second-order valence-electron chi connectivity index (χ2n) is 5.54. The van der Waals surface area contributed by atoms with Crippen molar-refractivity contribution in [3.63, 3.8) is 0 Å². The second kappa shape index (κ2) is 5.22. The van der Waals surface area contributed by atoms with Crippen LogP contribution in [-0.2, 0) is 6.42 Å². The van der Waals surface area contributed by atoms with Crippen LogP contribution in [0.2, 0.25) is 0 Å². The summed E-state index contributed by atoms with van der Waals surface area (Å²) in [5.74, 6) is 0.878. The summed E-state index contributed by atoms with van der Waals surface area (Å²) in [4.78, 5) is 2.60. The van der Waals surface area contributed by atoms with Gasteiger partial charge in [0.2, 0.25) is 0 Å². The number of halogens is 1. The quantitative estimate of drug-likeness (QED) is 0.919. The molecule has 2 nitrogen and oxygen atoms in total. The number of benzene rings is 1. The van der Waals surface area contributed by atoms with Gasteiger partial charge in [-0.25, -0.2) is 0 Å². The molecule has 1 N–H and O–H groups in total. The van der Waals surface area contributed by atoms with Crippen LogP contribution in [0.5, 0.6) is 0 Å². The Morgan fingerprint density at radius 1 is 1.33 bits per heavy atom. The maximum absolute atomic E-state index is 3.80. The minimum absolute atomic E-state index is 0.652. The maximum Gasteiger partial charge on any atom is 0.0417 e. The Bertz CT molecular complexity index is 425. The summed E-state index contributed by atoms with van der Waals surface area (Å²) in [7, 11) is 0. The topological polar surface area (TPSA) is 15.3 Å². The molecule has 0 saturated carbocycles. The number of rotatable bonds is 3. The van der Waals surface area contributed by atoms with E-state index >= 15 is 0 Å². The molecule has 0 spiro atoms. The number of anilines is 1. The Kier molecular flexibility index (Phi) is 3.62. The van der Waals surface area contributed by atoms with Crippen LogP contribution in [0.15, 0.2) is 22.7 Å². The number of nitrogens with one attached hydrogen (secondary N) is 1. The van der Waals surface area contributed by atoms with Crippen molar-refractivity contribution in [2.24, 2.45) is 5.92 Å². The molecule has 1 atom stereocenters. The molecule has 1 aromatic rings. The molecule has 18 heavy (non-hydrogen) atoms. The average Bonchev–Trinajstić information content (AvgIpc) is 2.42. The lowest BCUT2D eigenvalue weighted by Gasteiger charge is -2.45. The molecule has 1 aromatic carbocycles. The van der Waals surface area contributed by atoms with Crippen LogP contribution in [-0.4, -0.2) is 30.6 Å². The Morgan fingerprint density at radius 3 is 2.72 bits per heavy atom. The smallest absolute Gasteiger partial charge is 0.0417 e. The first-order valence-electron chi connectivity index (χ1n) is 7.03. The lowest BCUT2D eigenvalue weighted by molar-refractivity contribution is 0.0975. The molecule has 2 bridgehead atoms. The third-order valence-electron chi connectivity index (χ3n) is 4.45. The highest BCUT2D eigenvalue weighted by atomic mass is 79.9. The van der Waals surface area contributed by atoms with Crippen molar-refractivity contribution in [2.75, 3.05) is 25.0 Å². The van der Waals surface area contributed by atoms with Gasteiger partial charge in [-0.15, -0.1) is 0 Å². The predicted molar refractivity (Wildman–Crippen MR) is 80.1 cm³/mol. The van der Waals surface area contributed by atoms with Crippen molar-refractivity contribution in [1.29, 1.82) is 0 Å². The highest BCUT2D eigenvalue weighted by Gasteiger charge is 2.34. The number of aryl methyl sites for hydroxylation is 1. The summed E-state index contributed by atoms with van der Waals surface area (Å²) in [6.45, 7) is 6.07. The largest absolute Gasteiger partial charge is 0.381 e. The molecule has 3 aliphatic heterocycles. The van der Waals surface area contributed by atoms with Crippen LogP contribution in [0.25, 0.3) is 0 Å². The first-order chi connectivity index (χ1) is 8.76. The standard InChI is InChI=1S/C15H21BrN2/c1-2-11-9-13(16)3-4-14(11)17-15-10-18-7-5-12(15)6-8-18/h3-4,9,12,15,17H,2,5-8,10H2,1H3. The Balaban J connectivity index is 1.76. The Labute approximate surface area is 118 Å². The van der Waals surface area contributed by atoms with Crippen LogP contribution >= 0.6 is 15.9 Å². The van der Waals surface area contributed by atoms with E-state index in [1.807, 2.05) is 0 Å². The van der Waals surface area contributed by atoms with Gasteiger partial charge in [0.15, 0.2) is 0 Å². The van der Waals surface area contributed by atoms with E-state index in [0.29, 0.717) is 6.04 Å². The van der Waals surface area contributed by atoms with E-state index in [2.05, 4.69) is 51.3 Å². The zero-order valence-electron chi connectivity index (χ0n) is 11.0. The summed E-state index contributed by atoms with van der Waals surface area (Å²) < 4.78 is 1.18. The third kappa shape index (κ3) is 2.43. The number of fused-ring (bicyclic) bond motifs is 3. The lowest BCUT2D eigenvalue weighted by Crippen LogP contribution is -2.53. The van der Waals surface area contributed by atoms with Crippen LogP contribution in [0.4, 0.5) is 5.69 Å². The molecule has 3 heterocycles. The summed E-state index contributed by atoms with van der Waals surface area (Å²) in [5, 5.41) is 3.80. The third-order valence-corrected chi connectivity index (χ3v) is 4.94. The Hall–Kier alpha value is -0.540. The molecule has 0 radical (unpaired) electrons. The van der Waals surface area contributed by atoms with Crippen LogP contribution in [0, 0.1) is 5.92 Å². The molecule has 0 aromatic heterocycles. The molecule has 1 unspecified atom stereocenters. The van der Waals surface area contributed by atoms with Gasteiger partial charge in [0, 0.05) is 22.7 Å². The predicted octanol–water partition coefficient (Wildman–Crippen LogP) is 3.52. The normalized spacial score (nSPS) is 30.4. The van der Waals surface area contributed by atoms with E-state index in [4.69, 9.17) is 0 Å². The van der Waals surface area contributed by atoms with E-state index in [1.54, 1.807) is 0 Å². The van der Waals surface area contributed by atoms with Gasteiger partial charge in [-0.1, -0.05) is 22.9 Å². The van der Waals surface area contributed by atoms with Gasteiger partial charge in [-0.05, 0) is 62.0 Å². The molecule has 4 rings (SSSR count). The fourth-order valence-electron chi connectivity index (χ4n) is 3.32. The van der Waals surface area contributed by atoms with Gasteiger partial charge in [0.25, 0.3) is 0 Å². The molecule has 0 amide bonds. The van der Waals surface area contributed by atoms with Crippen LogP contribution in [0.3, 0.4) is 0 Å². The molecule has 3 fully saturated rings. The van der Waals surface area contributed by atoms with Crippen molar-refractivity contribution in [3.8, 4) is 0 Å². The molecule has 3 heteroatoms. The zero-order chi connectivity index (χ0) is 12.5. The van der Waals surface area contributed by atoms with E-state index < -0.39 is 0 Å². The molecular weight excluding hydrogens is 288 g/mol. The van der Waals surface area contributed by atoms with Gasteiger partial charge in [-0.2, -0.15) is 0 Å².